The highest BCUT2D eigenvalue weighted by Crippen LogP contribution is 2.36. The Morgan fingerprint density at radius 2 is 1.08 bits per heavy atom. The Balaban J connectivity index is 1.35. The summed E-state index contributed by atoms with van der Waals surface area (Å²) >= 11 is 0. The molecule has 49 heavy (non-hydrogen) atoms. The van der Waals surface area contributed by atoms with Crippen LogP contribution in [-0.4, -0.2) is 19.9 Å². The molecule has 0 aliphatic heterocycles. The number of pyridine rings is 1. The molecule has 0 bridgehead atoms. The van der Waals surface area contributed by atoms with Crippen molar-refractivity contribution in [3.63, 3.8) is 0 Å². The van der Waals surface area contributed by atoms with Crippen molar-refractivity contribution in [3.05, 3.63) is 163 Å². The number of hydrogen-bond donors (Lipinski definition) is 0. The largest absolute Gasteiger partial charge is 0.256 e. The van der Waals surface area contributed by atoms with Gasteiger partial charge in [0.15, 0.2) is 17.5 Å². The lowest BCUT2D eigenvalue weighted by atomic mass is 9.92. The summed E-state index contributed by atoms with van der Waals surface area (Å²) in [5, 5.41) is 3.57. The van der Waals surface area contributed by atoms with Crippen LogP contribution >= 0.6 is 0 Å². The normalized spacial score (nSPS) is 11.5. The molecule has 0 amide bonds. The molecule has 2 aromatic heterocycles. The first-order chi connectivity index (χ1) is 24.1. The predicted molar refractivity (Wildman–Crippen MR) is 204 cm³/mol. The van der Waals surface area contributed by atoms with Gasteiger partial charge in [-0.25, -0.2) is 15.0 Å². The second-order valence-electron chi connectivity index (χ2n) is 12.3. The molecule has 0 N–H and O–H groups in total. The van der Waals surface area contributed by atoms with Gasteiger partial charge >= 0.3 is 0 Å². The van der Waals surface area contributed by atoms with Gasteiger partial charge in [-0.3, -0.25) is 4.98 Å². The SMILES string of the molecule is CC/C=C\c1c(C)ccc2cc(-c3cc(-c4ccc5cccnc5c4)cc(-c4nc(-c5ccccc5)nc(-c5ccccc5)n4)c3)ccc12. The minimum absolute atomic E-state index is 0.623. The van der Waals surface area contributed by atoms with E-state index in [0.717, 1.165) is 56.3 Å². The second kappa shape index (κ2) is 13.1. The van der Waals surface area contributed by atoms with Crippen molar-refractivity contribution in [2.45, 2.75) is 20.3 Å². The molecule has 234 valence electrons. The lowest BCUT2D eigenvalue weighted by Gasteiger charge is -2.14. The third-order valence-corrected chi connectivity index (χ3v) is 8.96. The van der Waals surface area contributed by atoms with Crippen molar-refractivity contribution in [1.29, 1.82) is 0 Å². The molecule has 6 aromatic carbocycles. The van der Waals surface area contributed by atoms with E-state index in [1.165, 1.54) is 21.9 Å². The fraction of sp³-hybridized carbons (Fsp3) is 0.0667. The Kier molecular flexibility index (Phi) is 8.04. The maximum absolute atomic E-state index is 5.08. The van der Waals surface area contributed by atoms with Gasteiger partial charge in [0.1, 0.15) is 0 Å². The number of aromatic nitrogens is 4. The Labute approximate surface area is 286 Å². The molecule has 0 spiro atoms. The van der Waals surface area contributed by atoms with E-state index in [2.05, 4.69) is 104 Å². The number of allylic oxidation sites excluding steroid dienone is 1. The Hall–Kier alpha value is -6.26. The van der Waals surface area contributed by atoms with Gasteiger partial charge in [0.2, 0.25) is 0 Å². The topological polar surface area (TPSA) is 51.6 Å². The Morgan fingerprint density at radius 3 is 1.76 bits per heavy atom. The number of fused-ring (bicyclic) bond motifs is 2. The number of nitrogens with zero attached hydrogens (tertiary/aromatic N) is 4. The van der Waals surface area contributed by atoms with Crippen molar-refractivity contribution < 1.29 is 0 Å². The van der Waals surface area contributed by atoms with Crippen molar-refractivity contribution in [2.75, 3.05) is 0 Å². The standard InChI is InChI=1S/C45H34N4/c1-3-4-17-40-30(2)18-19-36-25-34(22-23-41(36)40)37-26-38(35-21-20-31-16-11-24-46-42(31)29-35)28-39(27-37)45-48-43(32-12-7-5-8-13-32)47-44(49-45)33-14-9-6-10-15-33/h4-29H,3H2,1-2H3/b17-4-. The van der Waals surface area contributed by atoms with Crippen molar-refractivity contribution >= 4 is 27.8 Å². The summed E-state index contributed by atoms with van der Waals surface area (Å²) in [4.78, 5) is 19.7. The first-order valence-electron chi connectivity index (χ1n) is 16.7. The van der Waals surface area contributed by atoms with Gasteiger partial charge in [-0.15, -0.1) is 0 Å². The highest BCUT2D eigenvalue weighted by molar-refractivity contribution is 5.95. The quantitative estimate of drug-likeness (QED) is 0.176. The van der Waals surface area contributed by atoms with E-state index in [9.17, 15) is 0 Å². The Morgan fingerprint density at radius 1 is 0.490 bits per heavy atom. The van der Waals surface area contributed by atoms with E-state index in [0.29, 0.717) is 17.5 Å². The molecule has 0 aliphatic rings. The fourth-order valence-corrected chi connectivity index (χ4v) is 6.37. The van der Waals surface area contributed by atoms with E-state index in [1.807, 2.05) is 72.9 Å². The molecule has 4 heteroatoms. The number of hydrogen-bond acceptors (Lipinski definition) is 4. The minimum Gasteiger partial charge on any atom is -0.256 e. The van der Waals surface area contributed by atoms with Gasteiger partial charge in [-0.05, 0) is 93.9 Å². The monoisotopic (exact) mass is 630 g/mol. The number of benzene rings is 6. The van der Waals surface area contributed by atoms with Gasteiger partial charge in [-0.2, -0.15) is 0 Å². The van der Waals surface area contributed by atoms with E-state index in [1.54, 1.807) is 0 Å². The third-order valence-electron chi connectivity index (χ3n) is 8.96. The zero-order chi connectivity index (χ0) is 33.2. The van der Waals surface area contributed by atoms with Crippen LogP contribution in [0.25, 0.3) is 84.2 Å². The molecule has 8 aromatic rings. The van der Waals surface area contributed by atoms with Crippen LogP contribution < -0.4 is 0 Å². The van der Waals surface area contributed by atoms with Crippen LogP contribution in [0.1, 0.15) is 24.5 Å². The van der Waals surface area contributed by atoms with E-state index < -0.39 is 0 Å². The maximum Gasteiger partial charge on any atom is 0.164 e. The molecule has 0 fully saturated rings. The van der Waals surface area contributed by atoms with Crippen LogP contribution in [-0.2, 0) is 0 Å². The third kappa shape index (κ3) is 6.13. The van der Waals surface area contributed by atoms with Gasteiger partial charge in [0.25, 0.3) is 0 Å². The molecule has 0 atom stereocenters. The maximum atomic E-state index is 5.08. The second-order valence-corrected chi connectivity index (χ2v) is 12.3. The summed E-state index contributed by atoms with van der Waals surface area (Å²) in [7, 11) is 0. The fourth-order valence-electron chi connectivity index (χ4n) is 6.37. The molecule has 0 unspecified atom stereocenters. The van der Waals surface area contributed by atoms with Crippen LogP contribution in [0.4, 0.5) is 0 Å². The van der Waals surface area contributed by atoms with Gasteiger partial charge in [0, 0.05) is 28.3 Å². The number of aryl methyl sites for hydroxylation is 1. The highest BCUT2D eigenvalue weighted by Gasteiger charge is 2.15. The average Bonchev–Trinajstić information content (AvgIpc) is 3.17. The summed E-state index contributed by atoms with van der Waals surface area (Å²) in [5.41, 5.74) is 10.7. The smallest absolute Gasteiger partial charge is 0.164 e. The summed E-state index contributed by atoms with van der Waals surface area (Å²) in [6.45, 7) is 4.35. The molecule has 2 heterocycles. The van der Waals surface area contributed by atoms with Crippen molar-refractivity contribution in [3.8, 4) is 56.4 Å². The zero-order valence-corrected chi connectivity index (χ0v) is 27.5. The van der Waals surface area contributed by atoms with E-state index in [-0.39, 0.29) is 0 Å². The average molecular weight is 631 g/mol. The van der Waals surface area contributed by atoms with E-state index in [4.69, 9.17) is 15.0 Å². The molecule has 0 radical (unpaired) electrons. The lowest BCUT2D eigenvalue weighted by Crippen LogP contribution is -2.00. The van der Waals surface area contributed by atoms with Crippen LogP contribution in [0.2, 0.25) is 0 Å². The van der Waals surface area contributed by atoms with Crippen LogP contribution in [0.15, 0.2) is 152 Å². The van der Waals surface area contributed by atoms with Crippen LogP contribution in [0, 0.1) is 6.92 Å². The van der Waals surface area contributed by atoms with Gasteiger partial charge in [-0.1, -0.05) is 122 Å². The molecular weight excluding hydrogens is 597 g/mol. The first-order valence-corrected chi connectivity index (χ1v) is 16.7. The molecular formula is C45H34N4. The van der Waals surface area contributed by atoms with E-state index >= 15 is 0 Å². The first kappa shape index (κ1) is 30.1. The lowest BCUT2D eigenvalue weighted by molar-refractivity contribution is 1.07. The zero-order valence-electron chi connectivity index (χ0n) is 27.5. The summed E-state index contributed by atoms with van der Waals surface area (Å²) in [6.07, 6.45) is 7.32. The summed E-state index contributed by atoms with van der Waals surface area (Å²) in [5.74, 6) is 1.90. The summed E-state index contributed by atoms with van der Waals surface area (Å²) < 4.78 is 0. The van der Waals surface area contributed by atoms with Gasteiger partial charge < -0.3 is 0 Å². The molecule has 4 nitrogen and oxygen atoms in total. The van der Waals surface area contributed by atoms with Gasteiger partial charge in [0.05, 0.1) is 5.52 Å². The van der Waals surface area contributed by atoms with Crippen LogP contribution in [0.5, 0.6) is 0 Å². The molecule has 0 aliphatic carbocycles. The Bertz CT molecular complexity index is 2430. The molecule has 0 saturated heterocycles. The van der Waals surface area contributed by atoms with Crippen molar-refractivity contribution in [2.24, 2.45) is 0 Å². The van der Waals surface area contributed by atoms with Crippen molar-refractivity contribution in [1.82, 2.24) is 19.9 Å². The molecule has 0 saturated carbocycles. The highest BCUT2D eigenvalue weighted by atomic mass is 15.0. The predicted octanol–water partition coefficient (Wildman–Crippen LogP) is 11.6. The molecule has 8 rings (SSSR count). The minimum atomic E-state index is 0.623. The summed E-state index contributed by atoms with van der Waals surface area (Å²) in [6, 6.07) is 48.6. The number of rotatable bonds is 7. The van der Waals surface area contributed by atoms with Crippen LogP contribution in [0.3, 0.4) is 0 Å².